The molecule has 0 aromatic heterocycles. The number of hydrogen-bond donors (Lipinski definition) is 0. The summed E-state index contributed by atoms with van der Waals surface area (Å²) in [5.41, 5.74) is 1.16. The average molecular weight is 362 g/mol. The van der Waals surface area contributed by atoms with Crippen LogP contribution in [0.4, 0.5) is 4.39 Å². The molecule has 2 aromatic carbocycles. The first-order valence-corrected chi connectivity index (χ1v) is 9.50. The lowest BCUT2D eigenvalue weighted by atomic mass is 10.2. The normalized spacial score (nSPS) is 12.4. The molecule has 6 heteroatoms. The highest BCUT2D eigenvalue weighted by Crippen LogP contribution is 2.15. The molecule has 4 nitrogen and oxygen atoms in total. The topological polar surface area (TPSA) is 40.6 Å². The largest absolute Gasteiger partial charge is 0.308 e. The van der Waals surface area contributed by atoms with Crippen molar-refractivity contribution in [3.05, 3.63) is 76.9 Å². The number of likely N-dealkylation sites (N-methyl/N-ethyl adjacent to an activating group) is 1. The first kappa shape index (κ1) is 19.3. The molecular formula is C19H23FN2O2S. The summed E-state index contributed by atoms with van der Waals surface area (Å²) in [6.45, 7) is 0.831. The van der Waals surface area contributed by atoms with Crippen molar-refractivity contribution in [2.75, 3.05) is 27.2 Å². The maximum atomic E-state index is 13.9. The number of benzene rings is 2. The van der Waals surface area contributed by atoms with Gasteiger partial charge in [-0.3, -0.25) is 0 Å². The van der Waals surface area contributed by atoms with Crippen molar-refractivity contribution in [3.8, 4) is 0 Å². The Balaban J connectivity index is 2.23. The van der Waals surface area contributed by atoms with E-state index in [9.17, 15) is 12.8 Å². The molecule has 0 aliphatic rings. The Bertz CT molecular complexity index is 805. The third-order valence-electron chi connectivity index (χ3n) is 3.69. The zero-order valence-electron chi connectivity index (χ0n) is 14.5. The fraction of sp³-hybridized carbons (Fsp3) is 0.263. The number of hydrogen-bond acceptors (Lipinski definition) is 3. The SMILES string of the molecule is CN(C)CCN(Cc1ccccc1F)S(=O)(=O)C=Cc1ccccc1. The second-order valence-electron chi connectivity index (χ2n) is 5.99. The molecule has 0 aliphatic heterocycles. The highest BCUT2D eigenvalue weighted by molar-refractivity contribution is 7.92. The van der Waals surface area contributed by atoms with Crippen LogP contribution in [0.25, 0.3) is 6.08 Å². The molecule has 134 valence electrons. The molecule has 2 rings (SSSR count). The molecule has 0 amide bonds. The number of halogens is 1. The molecule has 0 bridgehead atoms. The lowest BCUT2D eigenvalue weighted by Gasteiger charge is -2.22. The van der Waals surface area contributed by atoms with E-state index < -0.39 is 15.8 Å². The van der Waals surface area contributed by atoms with Crippen molar-refractivity contribution in [1.82, 2.24) is 9.21 Å². The predicted octanol–water partition coefficient (Wildman–Crippen LogP) is 3.19. The van der Waals surface area contributed by atoms with Gasteiger partial charge in [-0.15, -0.1) is 0 Å². The summed E-state index contributed by atoms with van der Waals surface area (Å²) in [4.78, 5) is 1.89. The van der Waals surface area contributed by atoms with Crippen molar-refractivity contribution in [2.45, 2.75) is 6.54 Å². The fourth-order valence-corrected chi connectivity index (χ4v) is 3.40. The lowest BCUT2D eigenvalue weighted by Crippen LogP contribution is -2.35. The van der Waals surface area contributed by atoms with E-state index >= 15 is 0 Å². The molecule has 0 unspecified atom stereocenters. The minimum atomic E-state index is -3.67. The van der Waals surface area contributed by atoms with Crippen LogP contribution >= 0.6 is 0 Å². The number of nitrogens with zero attached hydrogens (tertiary/aromatic N) is 2. The standard InChI is InChI=1S/C19H23FN2O2S/c1-21(2)13-14-22(16-18-10-6-7-11-19(18)20)25(23,24)15-12-17-8-4-3-5-9-17/h3-12,15H,13-14,16H2,1-2H3. The van der Waals surface area contributed by atoms with Gasteiger partial charge in [0.05, 0.1) is 0 Å². The van der Waals surface area contributed by atoms with Crippen LogP contribution in [0.5, 0.6) is 0 Å². The van der Waals surface area contributed by atoms with Crippen LogP contribution in [0.15, 0.2) is 60.0 Å². The molecule has 0 saturated carbocycles. The van der Waals surface area contributed by atoms with Crippen molar-refractivity contribution in [2.24, 2.45) is 0 Å². The van der Waals surface area contributed by atoms with Crippen LogP contribution in [0.2, 0.25) is 0 Å². The van der Waals surface area contributed by atoms with Crippen molar-refractivity contribution < 1.29 is 12.8 Å². The first-order valence-electron chi connectivity index (χ1n) is 8.00. The zero-order chi connectivity index (χ0) is 18.3. The van der Waals surface area contributed by atoms with E-state index in [0.29, 0.717) is 12.1 Å². The summed E-state index contributed by atoms with van der Waals surface area (Å²) in [6.07, 6.45) is 1.55. The van der Waals surface area contributed by atoms with E-state index in [1.807, 2.05) is 49.3 Å². The molecule has 0 aliphatic carbocycles. The molecule has 0 saturated heterocycles. The van der Waals surface area contributed by atoms with E-state index in [0.717, 1.165) is 5.56 Å². The summed E-state index contributed by atoms with van der Waals surface area (Å²) in [7, 11) is 0.0658. The summed E-state index contributed by atoms with van der Waals surface area (Å²) in [5, 5.41) is 1.18. The Kier molecular flexibility index (Phi) is 6.87. The Labute approximate surface area is 149 Å². The number of sulfonamides is 1. The Hall–Kier alpha value is -2.02. The van der Waals surface area contributed by atoms with Crippen LogP contribution in [0, 0.1) is 5.82 Å². The van der Waals surface area contributed by atoms with Crippen LogP contribution in [-0.4, -0.2) is 44.8 Å². The van der Waals surface area contributed by atoms with Gasteiger partial charge in [-0.05, 0) is 31.8 Å². The molecule has 0 heterocycles. The maximum Gasteiger partial charge on any atom is 0.236 e. The van der Waals surface area contributed by atoms with Crippen LogP contribution in [-0.2, 0) is 16.6 Å². The molecule has 0 spiro atoms. The quantitative estimate of drug-likeness (QED) is 0.724. The first-order chi connectivity index (χ1) is 11.9. The van der Waals surface area contributed by atoms with Gasteiger partial charge in [-0.2, -0.15) is 4.31 Å². The summed E-state index contributed by atoms with van der Waals surface area (Å²) in [6, 6.07) is 15.4. The summed E-state index contributed by atoms with van der Waals surface area (Å²) < 4.78 is 40.7. The van der Waals surface area contributed by atoms with Gasteiger partial charge in [-0.25, -0.2) is 12.8 Å². The van der Waals surface area contributed by atoms with E-state index in [2.05, 4.69) is 0 Å². The van der Waals surface area contributed by atoms with Gasteiger partial charge in [0.2, 0.25) is 10.0 Å². The summed E-state index contributed by atoms with van der Waals surface area (Å²) in [5.74, 6) is -0.403. The molecule has 0 radical (unpaired) electrons. The van der Waals surface area contributed by atoms with Gasteiger partial charge in [0, 0.05) is 30.6 Å². The predicted molar refractivity (Wildman–Crippen MR) is 99.8 cm³/mol. The van der Waals surface area contributed by atoms with Gasteiger partial charge in [0.15, 0.2) is 0 Å². The molecule has 0 N–H and O–H groups in total. The lowest BCUT2D eigenvalue weighted by molar-refractivity contribution is 0.329. The van der Waals surface area contributed by atoms with Gasteiger partial charge >= 0.3 is 0 Å². The van der Waals surface area contributed by atoms with E-state index in [1.54, 1.807) is 24.3 Å². The highest BCUT2D eigenvalue weighted by Gasteiger charge is 2.20. The average Bonchev–Trinajstić information content (AvgIpc) is 2.59. The van der Waals surface area contributed by atoms with Crippen molar-refractivity contribution >= 4 is 16.1 Å². The highest BCUT2D eigenvalue weighted by atomic mass is 32.2. The van der Waals surface area contributed by atoms with Crippen molar-refractivity contribution in [3.63, 3.8) is 0 Å². The van der Waals surface area contributed by atoms with E-state index in [4.69, 9.17) is 0 Å². The van der Waals surface area contributed by atoms with Gasteiger partial charge in [0.1, 0.15) is 5.82 Å². The Morgan fingerprint density at radius 1 is 0.960 bits per heavy atom. The summed E-state index contributed by atoms with van der Waals surface area (Å²) >= 11 is 0. The molecule has 0 fully saturated rings. The Morgan fingerprint density at radius 3 is 2.24 bits per heavy atom. The van der Waals surface area contributed by atoms with E-state index in [-0.39, 0.29) is 13.1 Å². The third kappa shape index (κ3) is 6.08. The van der Waals surface area contributed by atoms with Crippen LogP contribution in [0.1, 0.15) is 11.1 Å². The molecular weight excluding hydrogens is 339 g/mol. The van der Waals surface area contributed by atoms with Crippen molar-refractivity contribution in [1.29, 1.82) is 0 Å². The second-order valence-corrected chi connectivity index (χ2v) is 7.81. The molecule has 25 heavy (non-hydrogen) atoms. The van der Waals surface area contributed by atoms with Crippen LogP contribution < -0.4 is 0 Å². The van der Waals surface area contributed by atoms with Gasteiger partial charge < -0.3 is 4.90 Å². The zero-order valence-corrected chi connectivity index (χ0v) is 15.3. The van der Waals surface area contributed by atoms with Gasteiger partial charge in [0.25, 0.3) is 0 Å². The Morgan fingerprint density at radius 2 is 1.60 bits per heavy atom. The smallest absolute Gasteiger partial charge is 0.236 e. The molecule has 0 atom stereocenters. The minimum absolute atomic E-state index is 0.00196. The third-order valence-corrected chi connectivity index (χ3v) is 5.20. The van der Waals surface area contributed by atoms with E-state index in [1.165, 1.54) is 15.8 Å². The fourth-order valence-electron chi connectivity index (χ4n) is 2.24. The van der Waals surface area contributed by atoms with Crippen LogP contribution in [0.3, 0.4) is 0 Å². The second kappa shape index (κ2) is 8.89. The minimum Gasteiger partial charge on any atom is -0.308 e. The monoisotopic (exact) mass is 362 g/mol. The maximum absolute atomic E-state index is 13.9. The number of rotatable bonds is 8. The van der Waals surface area contributed by atoms with Gasteiger partial charge in [-0.1, -0.05) is 48.5 Å². The molecule has 2 aromatic rings.